The quantitative estimate of drug-likeness (QED) is 0.618. The number of nitrogens with zero attached hydrogens (tertiary/aromatic N) is 1. The number of ether oxygens (including phenoxy) is 2. The molecule has 1 heterocycles. The Bertz CT molecular complexity index is 567. The summed E-state index contributed by atoms with van der Waals surface area (Å²) in [4.78, 5) is 15.0. The molecule has 2 rings (SSSR count). The predicted molar refractivity (Wildman–Crippen MR) is 110 cm³/mol. The SMILES string of the molecule is CCCC(C)(OC)C(=O)Nc1ccc(OCCCN2CCC(C)CC2)cc1. The van der Waals surface area contributed by atoms with Gasteiger partial charge in [0.2, 0.25) is 0 Å². The molecule has 1 fully saturated rings. The summed E-state index contributed by atoms with van der Waals surface area (Å²) >= 11 is 0. The summed E-state index contributed by atoms with van der Waals surface area (Å²) in [6, 6.07) is 7.56. The zero-order chi connectivity index (χ0) is 19.7. The van der Waals surface area contributed by atoms with Crippen molar-refractivity contribution in [2.45, 2.75) is 58.5 Å². The standard InChI is InChI=1S/C22H36N2O3/c1-5-13-22(3,26-4)21(25)23-19-7-9-20(10-8-19)27-17-6-14-24-15-11-18(2)12-16-24/h7-10,18H,5-6,11-17H2,1-4H3,(H,23,25). The van der Waals surface area contributed by atoms with Gasteiger partial charge in [0.05, 0.1) is 6.61 Å². The molecule has 0 radical (unpaired) electrons. The first kappa shape index (κ1) is 21.7. The van der Waals surface area contributed by atoms with E-state index in [9.17, 15) is 4.79 Å². The van der Waals surface area contributed by atoms with Gasteiger partial charge < -0.3 is 19.7 Å². The van der Waals surface area contributed by atoms with Crippen molar-refractivity contribution in [3.63, 3.8) is 0 Å². The minimum absolute atomic E-state index is 0.114. The summed E-state index contributed by atoms with van der Waals surface area (Å²) in [5.74, 6) is 1.60. The number of carbonyl (C=O) groups is 1. The van der Waals surface area contributed by atoms with E-state index in [-0.39, 0.29) is 5.91 Å². The fourth-order valence-corrected chi connectivity index (χ4v) is 3.45. The highest BCUT2D eigenvalue weighted by molar-refractivity contribution is 5.97. The van der Waals surface area contributed by atoms with E-state index in [2.05, 4.69) is 17.1 Å². The third-order valence-corrected chi connectivity index (χ3v) is 5.53. The van der Waals surface area contributed by atoms with Crippen LogP contribution in [0.4, 0.5) is 5.69 Å². The molecule has 5 heteroatoms. The Morgan fingerprint density at radius 2 is 1.93 bits per heavy atom. The first-order valence-corrected chi connectivity index (χ1v) is 10.3. The molecule has 0 spiro atoms. The maximum absolute atomic E-state index is 12.4. The second-order valence-electron chi connectivity index (χ2n) is 7.89. The molecule has 1 aromatic carbocycles. The number of anilines is 1. The van der Waals surface area contributed by atoms with Crippen LogP contribution in [0.5, 0.6) is 5.75 Å². The number of benzene rings is 1. The van der Waals surface area contributed by atoms with Crippen LogP contribution in [0.2, 0.25) is 0 Å². The molecule has 1 aliphatic heterocycles. The highest BCUT2D eigenvalue weighted by atomic mass is 16.5. The topological polar surface area (TPSA) is 50.8 Å². The predicted octanol–water partition coefficient (Wildman–Crippen LogP) is 4.33. The van der Waals surface area contributed by atoms with Gasteiger partial charge >= 0.3 is 0 Å². The highest BCUT2D eigenvalue weighted by Crippen LogP contribution is 2.22. The normalized spacial score (nSPS) is 18.1. The van der Waals surface area contributed by atoms with Gasteiger partial charge in [-0.05, 0) is 75.9 Å². The largest absolute Gasteiger partial charge is 0.494 e. The van der Waals surface area contributed by atoms with Crippen LogP contribution in [0, 0.1) is 5.92 Å². The van der Waals surface area contributed by atoms with Crippen molar-refractivity contribution in [1.29, 1.82) is 0 Å². The maximum Gasteiger partial charge on any atom is 0.256 e. The third-order valence-electron chi connectivity index (χ3n) is 5.53. The van der Waals surface area contributed by atoms with Crippen LogP contribution in [0.15, 0.2) is 24.3 Å². The van der Waals surface area contributed by atoms with E-state index >= 15 is 0 Å². The van der Waals surface area contributed by atoms with Gasteiger partial charge in [-0.15, -0.1) is 0 Å². The van der Waals surface area contributed by atoms with Crippen molar-refractivity contribution >= 4 is 11.6 Å². The van der Waals surface area contributed by atoms with E-state index in [1.54, 1.807) is 7.11 Å². The highest BCUT2D eigenvalue weighted by Gasteiger charge is 2.32. The van der Waals surface area contributed by atoms with Crippen LogP contribution in [0.1, 0.15) is 52.9 Å². The Morgan fingerprint density at radius 1 is 1.26 bits per heavy atom. The van der Waals surface area contributed by atoms with Crippen molar-refractivity contribution < 1.29 is 14.3 Å². The van der Waals surface area contributed by atoms with E-state index < -0.39 is 5.60 Å². The fourth-order valence-electron chi connectivity index (χ4n) is 3.45. The molecule has 0 aliphatic carbocycles. The van der Waals surface area contributed by atoms with Crippen LogP contribution in [-0.4, -0.2) is 49.8 Å². The molecule has 1 saturated heterocycles. The zero-order valence-electron chi connectivity index (χ0n) is 17.4. The molecule has 0 bridgehead atoms. The van der Waals surface area contributed by atoms with Crippen LogP contribution in [-0.2, 0) is 9.53 Å². The van der Waals surface area contributed by atoms with Crippen molar-refractivity contribution in [3.8, 4) is 5.75 Å². The lowest BCUT2D eigenvalue weighted by Gasteiger charge is -2.30. The van der Waals surface area contributed by atoms with Gasteiger partial charge in [-0.25, -0.2) is 0 Å². The second-order valence-corrected chi connectivity index (χ2v) is 7.89. The van der Waals surface area contributed by atoms with Gasteiger partial charge in [-0.3, -0.25) is 4.79 Å². The first-order valence-electron chi connectivity index (χ1n) is 10.3. The minimum Gasteiger partial charge on any atom is -0.494 e. The van der Waals surface area contributed by atoms with Crippen LogP contribution < -0.4 is 10.1 Å². The molecule has 1 N–H and O–H groups in total. The van der Waals surface area contributed by atoms with Crippen molar-refractivity contribution in [3.05, 3.63) is 24.3 Å². The minimum atomic E-state index is -0.795. The van der Waals surface area contributed by atoms with E-state index in [0.717, 1.165) is 43.3 Å². The number of nitrogens with one attached hydrogen (secondary N) is 1. The van der Waals surface area contributed by atoms with E-state index in [1.807, 2.05) is 38.1 Å². The van der Waals surface area contributed by atoms with Crippen molar-refractivity contribution in [2.24, 2.45) is 5.92 Å². The number of hydrogen-bond donors (Lipinski definition) is 1. The summed E-state index contributed by atoms with van der Waals surface area (Å²) < 4.78 is 11.3. The van der Waals surface area contributed by atoms with Crippen LogP contribution in [0.3, 0.4) is 0 Å². The molecule has 0 saturated carbocycles. The Hall–Kier alpha value is -1.59. The molecule has 152 valence electrons. The summed E-state index contributed by atoms with van der Waals surface area (Å²) in [5, 5.41) is 2.93. The smallest absolute Gasteiger partial charge is 0.256 e. The van der Waals surface area contributed by atoms with Crippen LogP contribution >= 0.6 is 0 Å². The molecule has 1 aromatic rings. The summed E-state index contributed by atoms with van der Waals surface area (Å²) in [6.07, 6.45) is 5.24. The lowest BCUT2D eigenvalue weighted by molar-refractivity contribution is -0.136. The van der Waals surface area contributed by atoms with E-state index in [4.69, 9.17) is 9.47 Å². The van der Waals surface area contributed by atoms with Gasteiger partial charge in [0.1, 0.15) is 11.4 Å². The fraction of sp³-hybridized carbons (Fsp3) is 0.682. The Labute approximate surface area is 164 Å². The van der Waals surface area contributed by atoms with Crippen LogP contribution in [0.25, 0.3) is 0 Å². The van der Waals surface area contributed by atoms with E-state index in [1.165, 1.54) is 25.9 Å². The molecular formula is C22H36N2O3. The molecule has 1 atom stereocenters. The molecule has 5 nitrogen and oxygen atoms in total. The molecule has 27 heavy (non-hydrogen) atoms. The van der Waals surface area contributed by atoms with E-state index in [0.29, 0.717) is 6.42 Å². The summed E-state index contributed by atoms with van der Waals surface area (Å²) in [5.41, 5.74) is -0.0370. The van der Waals surface area contributed by atoms with Gasteiger partial charge in [0, 0.05) is 19.3 Å². The first-order chi connectivity index (χ1) is 13.0. The monoisotopic (exact) mass is 376 g/mol. The molecule has 1 aliphatic rings. The van der Waals surface area contributed by atoms with Crippen molar-refractivity contribution in [1.82, 2.24) is 4.90 Å². The van der Waals surface area contributed by atoms with Gasteiger partial charge in [-0.1, -0.05) is 20.3 Å². The number of likely N-dealkylation sites (tertiary alicyclic amines) is 1. The number of piperidine rings is 1. The third kappa shape index (κ3) is 6.82. The molecule has 1 amide bonds. The molecule has 1 unspecified atom stereocenters. The van der Waals surface area contributed by atoms with Gasteiger partial charge in [0.15, 0.2) is 0 Å². The van der Waals surface area contributed by atoms with Crippen molar-refractivity contribution in [2.75, 3.05) is 38.7 Å². The zero-order valence-corrected chi connectivity index (χ0v) is 17.4. The maximum atomic E-state index is 12.4. The lowest BCUT2D eigenvalue weighted by atomic mass is 9.99. The Balaban J connectivity index is 1.72. The average molecular weight is 377 g/mol. The average Bonchev–Trinajstić information content (AvgIpc) is 2.68. The summed E-state index contributed by atoms with van der Waals surface area (Å²) in [7, 11) is 1.58. The number of methoxy groups -OCH3 is 1. The lowest BCUT2D eigenvalue weighted by Crippen LogP contribution is -2.41. The molecular weight excluding hydrogens is 340 g/mol. The number of carbonyl (C=O) groups excluding carboxylic acids is 1. The Morgan fingerprint density at radius 3 is 2.52 bits per heavy atom. The van der Waals surface area contributed by atoms with Gasteiger partial charge in [-0.2, -0.15) is 0 Å². The second kappa shape index (κ2) is 10.7. The Kier molecular flexibility index (Phi) is 8.58. The number of hydrogen-bond acceptors (Lipinski definition) is 4. The molecule has 0 aromatic heterocycles. The van der Waals surface area contributed by atoms with Gasteiger partial charge in [0.25, 0.3) is 5.91 Å². The summed E-state index contributed by atoms with van der Waals surface area (Å²) in [6.45, 7) is 10.5. The number of rotatable bonds is 10. The number of amides is 1.